The third kappa shape index (κ3) is 5.87. The Hall–Kier alpha value is -2.35. The van der Waals surface area contributed by atoms with E-state index in [2.05, 4.69) is 56.8 Å². The van der Waals surface area contributed by atoms with E-state index in [1.807, 2.05) is 19.9 Å². The lowest BCUT2D eigenvalue weighted by molar-refractivity contribution is -0.122. The molecule has 3 rings (SSSR count). The fourth-order valence-corrected chi connectivity index (χ4v) is 4.48. The number of aromatic nitrogens is 1. The zero-order valence-corrected chi connectivity index (χ0v) is 19.5. The maximum absolute atomic E-state index is 13.1. The van der Waals surface area contributed by atoms with E-state index >= 15 is 0 Å². The van der Waals surface area contributed by atoms with Crippen LogP contribution in [0, 0.1) is 13.8 Å². The number of piperazine rings is 1. The van der Waals surface area contributed by atoms with E-state index in [0.717, 1.165) is 48.8 Å². The van der Waals surface area contributed by atoms with Crippen molar-refractivity contribution in [1.82, 2.24) is 19.7 Å². The van der Waals surface area contributed by atoms with Gasteiger partial charge in [-0.15, -0.1) is 18.3 Å². The van der Waals surface area contributed by atoms with Crippen molar-refractivity contribution >= 4 is 23.5 Å². The van der Waals surface area contributed by atoms with Gasteiger partial charge in [0.05, 0.1) is 13.1 Å². The van der Waals surface area contributed by atoms with Crippen LogP contribution in [0.25, 0.3) is 5.69 Å². The van der Waals surface area contributed by atoms with Crippen LogP contribution in [0.5, 0.6) is 0 Å². The summed E-state index contributed by atoms with van der Waals surface area (Å²) >= 11 is 1.71. The minimum atomic E-state index is 0.0161. The van der Waals surface area contributed by atoms with Crippen molar-refractivity contribution in [3.63, 3.8) is 0 Å². The molecule has 1 fully saturated rings. The van der Waals surface area contributed by atoms with Gasteiger partial charge in [0.15, 0.2) is 5.78 Å². The first kappa shape index (κ1) is 23.3. The van der Waals surface area contributed by atoms with Crippen molar-refractivity contribution in [1.29, 1.82) is 0 Å². The van der Waals surface area contributed by atoms with Crippen LogP contribution >= 0.6 is 11.8 Å². The highest BCUT2D eigenvalue weighted by molar-refractivity contribution is 7.98. The monoisotopic (exact) mass is 440 g/mol. The molecule has 1 aromatic carbocycles. The number of Topliss-reactive ketones (excluding diaryl/α,β-unsaturated/α-hetero) is 1. The van der Waals surface area contributed by atoms with E-state index in [-0.39, 0.29) is 11.7 Å². The number of ketones is 1. The Morgan fingerprint density at radius 1 is 1.10 bits per heavy atom. The van der Waals surface area contributed by atoms with E-state index in [1.54, 1.807) is 17.8 Å². The Morgan fingerprint density at radius 3 is 2.42 bits per heavy atom. The molecule has 1 aliphatic rings. The van der Waals surface area contributed by atoms with Crippen LogP contribution in [-0.2, 0) is 4.79 Å². The number of thioether (sulfide) groups is 1. The molecule has 0 aliphatic carbocycles. The van der Waals surface area contributed by atoms with Crippen LogP contribution in [0.2, 0.25) is 0 Å². The van der Waals surface area contributed by atoms with Crippen molar-refractivity contribution in [3.8, 4) is 5.69 Å². The molecule has 7 heteroatoms. The van der Waals surface area contributed by atoms with Crippen molar-refractivity contribution in [2.45, 2.75) is 18.7 Å². The van der Waals surface area contributed by atoms with Crippen LogP contribution in [-0.4, -0.2) is 78.1 Å². The lowest BCUT2D eigenvalue weighted by Crippen LogP contribution is -2.50. The average Bonchev–Trinajstić information content (AvgIpc) is 3.07. The summed E-state index contributed by atoms with van der Waals surface area (Å²) in [7, 11) is 0. The normalized spacial score (nSPS) is 15.1. The van der Waals surface area contributed by atoms with E-state index in [4.69, 9.17) is 0 Å². The molecule has 6 nitrogen and oxygen atoms in total. The van der Waals surface area contributed by atoms with Crippen LogP contribution < -0.4 is 5.32 Å². The van der Waals surface area contributed by atoms with Crippen molar-refractivity contribution in [3.05, 3.63) is 59.9 Å². The van der Waals surface area contributed by atoms with Gasteiger partial charge in [-0.2, -0.15) is 0 Å². The number of carbonyl (C=O) groups excluding carboxylic acids is 2. The molecule has 0 bridgehead atoms. The quantitative estimate of drug-likeness (QED) is 0.369. The number of rotatable bonds is 9. The van der Waals surface area contributed by atoms with Gasteiger partial charge in [0.2, 0.25) is 5.91 Å². The minimum Gasteiger partial charge on any atom is -0.352 e. The number of hydrogen-bond acceptors (Lipinski definition) is 5. The molecule has 2 aromatic rings. The first-order valence-electron chi connectivity index (χ1n) is 10.6. The number of nitrogens with one attached hydrogen (secondary N) is 1. The van der Waals surface area contributed by atoms with Gasteiger partial charge in [-0.25, -0.2) is 0 Å². The molecule has 31 heavy (non-hydrogen) atoms. The molecule has 1 aliphatic heterocycles. The van der Waals surface area contributed by atoms with Crippen LogP contribution in [0.3, 0.4) is 0 Å². The third-order valence-corrected chi connectivity index (χ3v) is 6.41. The zero-order valence-electron chi connectivity index (χ0n) is 18.7. The Labute approximate surface area is 189 Å². The van der Waals surface area contributed by atoms with Gasteiger partial charge < -0.3 is 9.88 Å². The number of amides is 1. The summed E-state index contributed by atoms with van der Waals surface area (Å²) in [5.74, 6) is 0.167. The number of aryl methyl sites for hydroxylation is 1. The first-order chi connectivity index (χ1) is 14.9. The minimum absolute atomic E-state index is 0.0161. The van der Waals surface area contributed by atoms with E-state index in [9.17, 15) is 9.59 Å². The molecule has 1 amide bonds. The number of nitrogens with zero attached hydrogens (tertiary/aromatic N) is 3. The van der Waals surface area contributed by atoms with E-state index in [0.29, 0.717) is 19.6 Å². The highest BCUT2D eigenvalue weighted by Crippen LogP contribution is 2.24. The second kappa shape index (κ2) is 10.8. The van der Waals surface area contributed by atoms with Gasteiger partial charge in [0, 0.05) is 60.3 Å². The summed E-state index contributed by atoms with van der Waals surface area (Å²) in [6.45, 7) is 12.1. The van der Waals surface area contributed by atoms with Gasteiger partial charge >= 0.3 is 0 Å². The molecule has 0 saturated carbocycles. The van der Waals surface area contributed by atoms with Crippen molar-refractivity contribution in [2.75, 3.05) is 52.1 Å². The summed E-state index contributed by atoms with van der Waals surface area (Å²) in [6, 6.07) is 10.4. The van der Waals surface area contributed by atoms with Gasteiger partial charge in [0.1, 0.15) is 0 Å². The summed E-state index contributed by atoms with van der Waals surface area (Å²) in [5.41, 5.74) is 3.93. The van der Waals surface area contributed by atoms with E-state index < -0.39 is 0 Å². The molecule has 2 heterocycles. The predicted molar refractivity (Wildman–Crippen MR) is 127 cm³/mol. The number of hydrogen-bond donors (Lipinski definition) is 1. The van der Waals surface area contributed by atoms with Gasteiger partial charge in [-0.1, -0.05) is 12.1 Å². The van der Waals surface area contributed by atoms with Crippen LogP contribution in [0.1, 0.15) is 21.7 Å². The van der Waals surface area contributed by atoms with Gasteiger partial charge in [0.25, 0.3) is 0 Å². The predicted octanol–water partition coefficient (Wildman–Crippen LogP) is 2.92. The highest BCUT2D eigenvalue weighted by atomic mass is 32.2. The Morgan fingerprint density at radius 2 is 1.77 bits per heavy atom. The molecule has 0 radical (unpaired) electrons. The average molecular weight is 441 g/mol. The standard InChI is InChI=1S/C24H32N4O2S/c1-5-9-25-24(30)17-27-12-10-26(11-13-27)16-23(29)22-14-18(2)28(19(22)3)20-7-6-8-21(15-20)31-4/h5-8,14-15H,1,9-13,16-17H2,2-4H3,(H,25,30). The second-order valence-corrected chi connectivity index (χ2v) is 8.77. The fraction of sp³-hybridized carbons (Fsp3) is 0.417. The molecule has 0 atom stereocenters. The fourth-order valence-electron chi connectivity index (χ4n) is 4.03. The Kier molecular flexibility index (Phi) is 8.12. The SMILES string of the molecule is C=CCNC(=O)CN1CCN(CC(=O)c2cc(C)n(-c3cccc(SC)c3)c2C)CC1. The van der Waals surface area contributed by atoms with E-state index in [1.165, 1.54) is 4.90 Å². The molecule has 0 unspecified atom stereocenters. The molecule has 1 aromatic heterocycles. The maximum atomic E-state index is 13.1. The summed E-state index contributed by atoms with van der Waals surface area (Å²) < 4.78 is 2.16. The number of carbonyl (C=O) groups is 2. The molecule has 0 spiro atoms. The van der Waals surface area contributed by atoms with Crippen molar-refractivity contribution < 1.29 is 9.59 Å². The topological polar surface area (TPSA) is 57.6 Å². The van der Waals surface area contributed by atoms with Crippen LogP contribution in [0.4, 0.5) is 0 Å². The molecule has 1 saturated heterocycles. The molecular weight excluding hydrogens is 408 g/mol. The summed E-state index contributed by atoms with van der Waals surface area (Å²) in [6.07, 6.45) is 3.74. The summed E-state index contributed by atoms with van der Waals surface area (Å²) in [5, 5.41) is 2.81. The lowest BCUT2D eigenvalue weighted by atomic mass is 10.1. The molecule has 166 valence electrons. The van der Waals surface area contributed by atoms with Crippen molar-refractivity contribution in [2.24, 2.45) is 0 Å². The van der Waals surface area contributed by atoms with Gasteiger partial charge in [-0.05, 0) is 44.4 Å². The third-order valence-electron chi connectivity index (χ3n) is 5.69. The van der Waals surface area contributed by atoms with Gasteiger partial charge in [-0.3, -0.25) is 19.4 Å². The van der Waals surface area contributed by atoms with Crippen LogP contribution in [0.15, 0.2) is 47.9 Å². The Bertz CT molecular complexity index is 945. The number of benzene rings is 1. The molecular formula is C24H32N4O2S. The Balaban J connectivity index is 1.60. The second-order valence-electron chi connectivity index (χ2n) is 7.89. The molecule has 1 N–H and O–H groups in total. The highest BCUT2D eigenvalue weighted by Gasteiger charge is 2.23. The smallest absolute Gasteiger partial charge is 0.234 e. The zero-order chi connectivity index (χ0) is 22.4. The summed E-state index contributed by atoms with van der Waals surface area (Å²) in [4.78, 5) is 30.5. The first-order valence-corrected chi connectivity index (χ1v) is 11.8. The largest absolute Gasteiger partial charge is 0.352 e. The maximum Gasteiger partial charge on any atom is 0.234 e. The lowest BCUT2D eigenvalue weighted by Gasteiger charge is -2.33.